The van der Waals surface area contributed by atoms with Gasteiger partial charge in [0.1, 0.15) is 5.54 Å². The zero-order valence-corrected chi connectivity index (χ0v) is 19.4. The lowest BCUT2D eigenvalue weighted by Gasteiger charge is -2.20. The normalized spacial score (nSPS) is 20.7. The van der Waals surface area contributed by atoms with Crippen molar-refractivity contribution in [3.63, 3.8) is 0 Å². The molecular weight excluding hydrogens is 446 g/mol. The number of carbonyl (C=O) groups is 3. The van der Waals surface area contributed by atoms with Gasteiger partial charge in [-0.05, 0) is 55.7 Å². The number of ether oxygens (including phenoxy) is 2. The molecule has 0 radical (unpaired) electrons. The highest BCUT2D eigenvalue weighted by Gasteiger charge is 2.43. The lowest BCUT2D eigenvalue weighted by molar-refractivity contribution is -0.165. The number of unbranched alkanes of at least 4 members (excludes halogenated alkanes) is 2. The molecule has 10 heteroatoms. The zero-order chi connectivity index (χ0) is 25.7. The van der Waals surface area contributed by atoms with E-state index in [-0.39, 0.29) is 5.97 Å². The van der Waals surface area contributed by atoms with Crippen LogP contribution in [-0.2, 0) is 23.9 Å². The Morgan fingerprint density at radius 3 is 2.18 bits per heavy atom. The van der Waals surface area contributed by atoms with E-state index in [1.165, 1.54) is 12.7 Å². The summed E-state index contributed by atoms with van der Waals surface area (Å²) >= 11 is 0. The number of hydrogen-bond acceptors (Lipinski definition) is 8. The third-order valence-corrected chi connectivity index (χ3v) is 5.46. The largest absolute Gasteiger partial charge is 0.479 e. The van der Waals surface area contributed by atoms with Crippen LogP contribution in [0, 0.1) is 11.8 Å². The molecule has 10 nitrogen and oxygen atoms in total. The van der Waals surface area contributed by atoms with E-state index in [4.69, 9.17) is 35.6 Å². The van der Waals surface area contributed by atoms with Gasteiger partial charge in [-0.25, -0.2) is 9.59 Å². The summed E-state index contributed by atoms with van der Waals surface area (Å²) in [5.74, 6) is 2.86. The van der Waals surface area contributed by atoms with Gasteiger partial charge in [-0.2, -0.15) is 0 Å². The monoisotopic (exact) mass is 479 g/mol. The summed E-state index contributed by atoms with van der Waals surface area (Å²) in [6, 6.07) is 8.30. The molecule has 0 aromatic heterocycles. The van der Waals surface area contributed by atoms with Gasteiger partial charge < -0.3 is 35.6 Å². The Labute approximate surface area is 198 Å². The first kappa shape index (κ1) is 29.1. The molecule has 0 amide bonds. The van der Waals surface area contributed by atoms with Crippen LogP contribution in [0.1, 0.15) is 55.6 Å². The lowest BCUT2D eigenvalue weighted by Crippen LogP contribution is -2.46. The van der Waals surface area contributed by atoms with E-state index in [2.05, 4.69) is 24.0 Å². The van der Waals surface area contributed by atoms with Crippen molar-refractivity contribution in [3.8, 4) is 11.8 Å². The molecule has 1 aromatic carbocycles. The lowest BCUT2D eigenvalue weighted by atomic mass is 9.92. The first-order valence-corrected chi connectivity index (χ1v) is 10.8. The summed E-state index contributed by atoms with van der Waals surface area (Å²) in [6.07, 6.45) is 0.700. The number of aliphatic carboxylic acids is 2. The number of methoxy groups -OCH3 is 2. The van der Waals surface area contributed by atoms with Gasteiger partial charge in [0.05, 0.1) is 7.11 Å². The Morgan fingerprint density at radius 2 is 1.68 bits per heavy atom. The first-order valence-electron chi connectivity index (χ1n) is 10.8. The molecule has 1 aromatic rings. The molecule has 0 unspecified atom stereocenters. The number of hydrogen-bond donors (Lipinski definition) is 5. The van der Waals surface area contributed by atoms with Crippen LogP contribution < -0.4 is 5.73 Å². The maximum Gasteiger partial charge on any atom is 0.335 e. The van der Waals surface area contributed by atoms with E-state index >= 15 is 0 Å². The first-order chi connectivity index (χ1) is 16.1. The number of nitrogens with two attached hydrogens (primary N) is 1. The number of aliphatic hydroxyl groups excluding tert-OH is 2. The molecule has 1 fully saturated rings. The highest BCUT2D eigenvalue weighted by molar-refractivity contribution is 5.83. The Morgan fingerprint density at radius 1 is 1.09 bits per heavy atom. The molecule has 6 N–H and O–H groups in total. The van der Waals surface area contributed by atoms with Gasteiger partial charge in [0.2, 0.25) is 0 Å². The number of carboxylic acid groups (broad SMARTS) is 2. The summed E-state index contributed by atoms with van der Waals surface area (Å²) in [5, 5.41) is 32.5. The molecule has 1 saturated carbocycles. The van der Waals surface area contributed by atoms with E-state index in [1.54, 1.807) is 7.11 Å². The third-order valence-electron chi connectivity index (χ3n) is 5.46. The fraction of sp³-hybridized carbons (Fsp3) is 0.542. The van der Waals surface area contributed by atoms with E-state index in [0.717, 1.165) is 37.9 Å². The Kier molecular flexibility index (Phi) is 12.2. The Hall–Kier alpha value is -2.97. The van der Waals surface area contributed by atoms with E-state index in [9.17, 15) is 14.4 Å². The smallest absolute Gasteiger partial charge is 0.335 e. The van der Waals surface area contributed by atoms with Crippen LogP contribution in [0.3, 0.4) is 0 Å². The number of benzene rings is 1. The Balaban J connectivity index is 0.000000489. The van der Waals surface area contributed by atoms with Crippen molar-refractivity contribution in [2.75, 3.05) is 20.8 Å². The Bertz CT molecular complexity index is 857. The molecule has 0 heterocycles. The van der Waals surface area contributed by atoms with Crippen molar-refractivity contribution in [2.24, 2.45) is 5.73 Å². The van der Waals surface area contributed by atoms with Crippen molar-refractivity contribution in [1.82, 2.24) is 0 Å². The number of aliphatic hydroxyl groups is 2. The molecule has 0 aliphatic heterocycles. The summed E-state index contributed by atoms with van der Waals surface area (Å²) in [4.78, 5) is 31.3. The van der Waals surface area contributed by atoms with Crippen molar-refractivity contribution in [2.45, 2.75) is 62.2 Å². The van der Waals surface area contributed by atoms with Crippen molar-refractivity contribution < 1.29 is 44.3 Å². The standard InChI is InChI=1S/C20H27NO3.C4H6O6/c1-23-14-6-4-3-5-7-16-8-10-17(11-9-16)18-12-13-20(21,15-18)19(22)24-2;5-1(3(7)8)2(6)4(9)10/h8-11,18H,3-4,6,12-15,21H2,1-2H3;1-2,5-6H,(H,7,8)(H,9,10)/t18-,20-;1-,2-/m11/s1. The molecule has 0 bridgehead atoms. The van der Waals surface area contributed by atoms with Crippen LogP contribution in [-0.4, -0.2) is 76.9 Å². The SMILES string of the molecule is COCCCCC#Cc1ccc([C@@H]2CC[C@](N)(C(=O)OC)C2)cc1.O=C(O)[C@H](O)[C@@H](O)C(=O)O. The number of rotatable bonds is 9. The second-order valence-electron chi connectivity index (χ2n) is 8.03. The predicted octanol–water partition coefficient (Wildman–Crippen LogP) is 0.870. The predicted molar refractivity (Wildman–Crippen MR) is 122 cm³/mol. The maximum atomic E-state index is 11.8. The van der Waals surface area contributed by atoms with Crippen molar-refractivity contribution >= 4 is 17.9 Å². The highest BCUT2D eigenvalue weighted by atomic mass is 16.5. The van der Waals surface area contributed by atoms with Gasteiger partial charge in [0.15, 0.2) is 12.2 Å². The van der Waals surface area contributed by atoms with Gasteiger partial charge in [0.25, 0.3) is 0 Å². The second kappa shape index (κ2) is 14.3. The van der Waals surface area contributed by atoms with Crippen molar-refractivity contribution in [1.29, 1.82) is 0 Å². The van der Waals surface area contributed by atoms with E-state index < -0.39 is 29.7 Å². The maximum absolute atomic E-state index is 11.8. The van der Waals surface area contributed by atoms with Crippen LogP contribution in [0.5, 0.6) is 0 Å². The summed E-state index contributed by atoms with van der Waals surface area (Å²) < 4.78 is 9.85. The summed E-state index contributed by atoms with van der Waals surface area (Å²) in [7, 11) is 3.12. The topological polar surface area (TPSA) is 177 Å². The van der Waals surface area contributed by atoms with E-state index in [0.29, 0.717) is 18.8 Å². The highest BCUT2D eigenvalue weighted by Crippen LogP contribution is 2.40. The number of carbonyl (C=O) groups excluding carboxylic acids is 1. The fourth-order valence-electron chi connectivity index (χ4n) is 3.48. The quantitative estimate of drug-likeness (QED) is 0.194. The average molecular weight is 480 g/mol. The summed E-state index contributed by atoms with van der Waals surface area (Å²) in [5.41, 5.74) is 7.59. The van der Waals surface area contributed by atoms with Crippen LogP contribution in [0.15, 0.2) is 24.3 Å². The van der Waals surface area contributed by atoms with Crippen LogP contribution in [0.25, 0.3) is 0 Å². The second-order valence-corrected chi connectivity index (χ2v) is 8.03. The minimum atomic E-state index is -2.27. The minimum Gasteiger partial charge on any atom is -0.479 e. The molecule has 0 saturated heterocycles. The molecule has 1 aliphatic carbocycles. The van der Waals surface area contributed by atoms with Crippen LogP contribution >= 0.6 is 0 Å². The molecule has 1 aliphatic rings. The van der Waals surface area contributed by atoms with E-state index in [1.807, 2.05) is 12.1 Å². The van der Waals surface area contributed by atoms with Crippen LogP contribution in [0.2, 0.25) is 0 Å². The van der Waals surface area contributed by atoms with Gasteiger partial charge in [-0.1, -0.05) is 24.0 Å². The van der Waals surface area contributed by atoms with Gasteiger partial charge in [0, 0.05) is 25.7 Å². The molecule has 2 rings (SSSR count). The molecular formula is C24H33NO9. The van der Waals surface area contributed by atoms with Gasteiger partial charge in [-0.15, -0.1) is 0 Å². The minimum absolute atomic E-state index is 0.305. The zero-order valence-electron chi connectivity index (χ0n) is 19.4. The van der Waals surface area contributed by atoms with Crippen molar-refractivity contribution in [3.05, 3.63) is 35.4 Å². The van der Waals surface area contributed by atoms with Crippen LogP contribution in [0.4, 0.5) is 0 Å². The fourth-order valence-corrected chi connectivity index (χ4v) is 3.48. The molecule has 4 atom stereocenters. The molecule has 0 spiro atoms. The average Bonchev–Trinajstić information content (AvgIpc) is 3.23. The summed E-state index contributed by atoms with van der Waals surface area (Å²) in [6.45, 7) is 0.798. The molecule has 188 valence electrons. The third kappa shape index (κ3) is 9.11. The molecule has 34 heavy (non-hydrogen) atoms. The van der Waals surface area contributed by atoms with Gasteiger partial charge >= 0.3 is 17.9 Å². The number of carboxylic acids is 2. The number of esters is 1. The van der Waals surface area contributed by atoms with Gasteiger partial charge in [-0.3, -0.25) is 4.79 Å².